The molecule has 10 aromatic carbocycles. The molecule has 3 nitrogen and oxygen atoms in total. The van der Waals surface area contributed by atoms with Crippen LogP contribution in [0.4, 0.5) is 34.1 Å². The largest absolute Gasteiger partial charge is 0.456 e. The fourth-order valence-corrected chi connectivity index (χ4v) is 10.2. The third-order valence-corrected chi connectivity index (χ3v) is 14.2. The van der Waals surface area contributed by atoms with E-state index >= 15 is 0 Å². The fourth-order valence-electron chi connectivity index (χ4n) is 10.2. The molecule has 0 aliphatic heterocycles. The molecule has 0 unspecified atom stereocenters. The Morgan fingerprint density at radius 3 is 1.45 bits per heavy atom. The molecule has 0 aliphatic rings. The van der Waals surface area contributed by atoms with Crippen LogP contribution in [0.15, 0.2) is 223 Å². The van der Waals surface area contributed by atoms with E-state index in [0.717, 1.165) is 61.4 Å². The van der Waals surface area contributed by atoms with E-state index in [1.54, 1.807) is 0 Å². The van der Waals surface area contributed by atoms with Crippen molar-refractivity contribution in [3.63, 3.8) is 0 Å². The van der Waals surface area contributed by atoms with Crippen molar-refractivity contribution < 1.29 is 4.42 Å². The number of nitrogens with zero attached hydrogens (tertiary/aromatic N) is 2. The SMILES string of the molecule is Cc1cc(N(c2ccc(C(C)(C)C)cc2)c2cccc(-c3ccccc3)c2)ccc1-c1cc2cc3oc4cc(N(c5ccc(-c6ccccc6)cc5)c5cccc(C(C)(C)C)c5)ccc4c3cc2cc1C. The van der Waals surface area contributed by atoms with Crippen LogP contribution in [0, 0.1) is 13.8 Å². The third-order valence-electron chi connectivity index (χ3n) is 14.2. The number of fused-ring (bicyclic) bond motifs is 4. The van der Waals surface area contributed by atoms with Crippen molar-refractivity contribution >= 4 is 66.8 Å². The summed E-state index contributed by atoms with van der Waals surface area (Å²) in [6.45, 7) is 18.1. The lowest BCUT2D eigenvalue weighted by molar-refractivity contribution is 0.590. The lowest BCUT2D eigenvalue weighted by Crippen LogP contribution is -2.14. The molecule has 0 saturated heterocycles. The van der Waals surface area contributed by atoms with Gasteiger partial charge in [-0.25, -0.2) is 0 Å². The van der Waals surface area contributed by atoms with Crippen LogP contribution >= 0.6 is 0 Å². The Morgan fingerprint density at radius 2 is 0.803 bits per heavy atom. The van der Waals surface area contributed by atoms with Crippen LogP contribution in [0.3, 0.4) is 0 Å². The Morgan fingerprint density at radius 1 is 0.310 bits per heavy atom. The third kappa shape index (κ3) is 8.89. The standard InChI is InChI=1S/C68H60N2O/c1-45-37-51-41-64-62-36-34-60(70(58-24-16-22-54(43-58)68(6,7)8)55-29-25-49(26-30-55)47-17-11-9-12-18-47)44-66(62)71-65(64)42-52(51)40-63(45)61-35-33-59(38-46(61)2)69(56-31-27-53(28-32-56)67(3,4)5)57-23-15-21-50(39-57)48-19-13-10-14-20-48/h9-44H,1-8H3. The molecule has 11 rings (SSSR count). The number of hydrogen-bond donors (Lipinski definition) is 0. The van der Waals surface area contributed by atoms with Crippen molar-refractivity contribution in [1.29, 1.82) is 0 Å². The molecule has 0 amide bonds. The topological polar surface area (TPSA) is 19.6 Å². The van der Waals surface area contributed by atoms with Crippen molar-refractivity contribution in [1.82, 2.24) is 0 Å². The highest BCUT2D eigenvalue weighted by molar-refractivity contribution is 6.11. The quantitative estimate of drug-likeness (QED) is 0.144. The Bertz CT molecular complexity index is 3720. The first-order chi connectivity index (χ1) is 34.2. The molecule has 0 fully saturated rings. The van der Waals surface area contributed by atoms with Gasteiger partial charge in [-0.1, -0.05) is 163 Å². The highest BCUT2D eigenvalue weighted by Gasteiger charge is 2.22. The van der Waals surface area contributed by atoms with Crippen molar-refractivity contribution in [2.24, 2.45) is 0 Å². The van der Waals surface area contributed by atoms with Crippen molar-refractivity contribution in [3.05, 3.63) is 241 Å². The molecule has 0 atom stereocenters. The molecule has 71 heavy (non-hydrogen) atoms. The first-order valence-corrected chi connectivity index (χ1v) is 24.9. The molecule has 0 spiro atoms. The summed E-state index contributed by atoms with van der Waals surface area (Å²) in [6, 6.07) is 79.8. The van der Waals surface area contributed by atoms with Gasteiger partial charge >= 0.3 is 0 Å². The van der Waals surface area contributed by atoms with Gasteiger partial charge in [0.15, 0.2) is 0 Å². The lowest BCUT2D eigenvalue weighted by Gasteiger charge is -2.28. The monoisotopic (exact) mass is 920 g/mol. The molecule has 1 aromatic heterocycles. The van der Waals surface area contributed by atoms with Crippen LogP contribution in [-0.4, -0.2) is 0 Å². The maximum atomic E-state index is 6.83. The number of rotatable bonds is 9. The molecule has 0 saturated carbocycles. The maximum absolute atomic E-state index is 6.83. The van der Waals surface area contributed by atoms with E-state index in [1.165, 1.54) is 61.0 Å². The predicted octanol–water partition coefficient (Wildman–Crippen LogP) is 19.9. The molecule has 0 N–H and O–H groups in total. The zero-order valence-corrected chi connectivity index (χ0v) is 42.1. The van der Waals surface area contributed by atoms with Gasteiger partial charge in [0, 0.05) is 51.0 Å². The highest BCUT2D eigenvalue weighted by Crippen LogP contribution is 2.44. The molecule has 0 radical (unpaired) electrons. The first kappa shape index (κ1) is 45.3. The minimum atomic E-state index is 0.000589. The summed E-state index contributed by atoms with van der Waals surface area (Å²) in [5.41, 5.74) is 20.7. The summed E-state index contributed by atoms with van der Waals surface area (Å²) < 4.78 is 6.83. The summed E-state index contributed by atoms with van der Waals surface area (Å²) in [7, 11) is 0. The second kappa shape index (κ2) is 18.0. The minimum absolute atomic E-state index is 0.000589. The Labute approximate surface area is 419 Å². The minimum Gasteiger partial charge on any atom is -0.456 e. The molecule has 3 heteroatoms. The van der Waals surface area contributed by atoms with E-state index < -0.39 is 0 Å². The number of aryl methyl sites for hydroxylation is 2. The van der Waals surface area contributed by atoms with Crippen molar-refractivity contribution in [2.75, 3.05) is 9.80 Å². The second-order valence-electron chi connectivity index (χ2n) is 21.2. The van der Waals surface area contributed by atoms with Crippen molar-refractivity contribution in [3.8, 4) is 33.4 Å². The second-order valence-corrected chi connectivity index (χ2v) is 21.2. The average molecular weight is 921 g/mol. The van der Waals surface area contributed by atoms with Gasteiger partial charge in [0.05, 0.1) is 0 Å². The van der Waals surface area contributed by atoms with E-state index in [0.29, 0.717) is 0 Å². The highest BCUT2D eigenvalue weighted by atomic mass is 16.3. The predicted molar refractivity (Wildman–Crippen MR) is 304 cm³/mol. The summed E-state index contributed by atoms with van der Waals surface area (Å²) in [4.78, 5) is 4.73. The molecule has 0 bridgehead atoms. The molecular weight excluding hydrogens is 861 g/mol. The summed E-state index contributed by atoms with van der Waals surface area (Å²) in [5, 5.41) is 4.57. The van der Waals surface area contributed by atoms with E-state index in [1.807, 2.05) is 0 Å². The zero-order chi connectivity index (χ0) is 49.0. The number of furan rings is 1. The molecule has 0 aliphatic carbocycles. The van der Waals surface area contributed by atoms with Crippen molar-refractivity contribution in [2.45, 2.75) is 66.2 Å². The van der Waals surface area contributed by atoms with Gasteiger partial charge < -0.3 is 14.2 Å². The van der Waals surface area contributed by atoms with Gasteiger partial charge in [-0.2, -0.15) is 0 Å². The normalized spacial score (nSPS) is 11.9. The molecule has 1 heterocycles. The molecule has 348 valence electrons. The van der Waals surface area contributed by atoms with Gasteiger partial charge in [-0.15, -0.1) is 0 Å². The van der Waals surface area contributed by atoms with Gasteiger partial charge in [0.1, 0.15) is 11.2 Å². The van der Waals surface area contributed by atoms with E-state index in [4.69, 9.17) is 4.42 Å². The number of hydrogen-bond acceptors (Lipinski definition) is 3. The Hall–Kier alpha value is -8.14. The molecular formula is C68H60N2O. The van der Waals surface area contributed by atoms with Gasteiger partial charge in [0.25, 0.3) is 0 Å². The smallest absolute Gasteiger partial charge is 0.137 e. The number of anilines is 6. The Balaban J connectivity index is 0.963. The average Bonchev–Trinajstić information content (AvgIpc) is 3.73. The zero-order valence-electron chi connectivity index (χ0n) is 42.1. The first-order valence-electron chi connectivity index (χ1n) is 24.9. The summed E-state index contributed by atoms with van der Waals surface area (Å²) >= 11 is 0. The van der Waals surface area contributed by atoms with Crippen LogP contribution in [-0.2, 0) is 10.8 Å². The Kier molecular flexibility index (Phi) is 11.5. The van der Waals surface area contributed by atoms with Crippen LogP contribution in [0.2, 0.25) is 0 Å². The summed E-state index contributed by atoms with van der Waals surface area (Å²) in [5.74, 6) is 0. The van der Waals surface area contributed by atoms with E-state index in [-0.39, 0.29) is 10.8 Å². The summed E-state index contributed by atoms with van der Waals surface area (Å²) in [6.07, 6.45) is 0. The fraction of sp³-hybridized carbons (Fsp3) is 0.147. The van der Waals surface area contributed by atoms with E-state index in [9.17, 15) is 0 Å². The maximum Gasteiger partial charge on any atom is 0.137 e. The van der Waals surface area contributed by atoms with Gasteiger partial charge in [-0.05, 0) is 182 Å². The van der Waals surface area contributed by atoms with E-state index in [2.05, 4.69) is 284 Å². The van der Waals surface area contributed by atoms with Crippen LogP contribution in [0.5, 0.6) is 0 Å². The van der Waals surface area contributed by atoms with Gasteiger partial charge in [0.2, 0.25) is 0 Å². The van der Waals surface area contributed by atoms with Gasteiger partial charge in [-0.3, -0.25) is 0 Å². The van der Waals surface area contributed by atoms with Crippen LogP contribution in [0.25, 0.3) is 66.1 Å². The van der Waals surface area contributed by atoms with Crippen LogP contribution < -0.4 is 9.80 Å². The van der Waals surface area contributed by atoms with Crippen LogP contribution in [0.1, 0.15) is 63.8 Å². The molecule has 11 aromatic rings. The number of benzene rings is 10. The lowest BCUT2D eigenvalue weighted by atomic mass is 9.87.